The third-order valence-corrected chi connectivity index (χ3v) is 4.70. The van der Waals surface area contributed by atoms with Gasteiger partial charge in [0, 0.05) is 25.6 Å². The molecule has 0 amide bonds. The third kappa shape index (κ3) is 4.87. The summed E-state index contributed by atoms with van der Waals surface area (Å²) in [6.45, 7) is 2.91. The van der Waals surface area contributed by atoms with E-state index in [0.717, 1.165) is 33.6 Å². The summed E-state index contributed by atoms with van der Waals surface area (Å²) < 4.78 is 0.983. The Kier molecular flexibility index (Phi) is 6.39. The van der Waals surface area contributed by atoms with E-state index in [2.05, 4.69) is 28.2 Å². The average molecular weight is 408 g/mol. The van der Waals surface area contributed by atoms with E-state index in [1.807, 2.05) is 30.3 Å². The molecule has 0 radical (unpaired) electrons. The van der Waals surface area contributed by atoms with Gasteiger partial charge in [0.25, 0.3) is 0 Å². The highest BCUT2D eigenvalue weighted by atomic mass is 79.9. The molecule has 2 aromatic carbocycles. The van der Waals surface area contributed by atoms with Crippen molar-refractivity contribution in [3.05, 3.63) is 67.1 Å². The summed E-state index contributed by atoms with van der Waals surface area (Å²) in [6, 6.07) is 11.7. The van der Waals surface area contributed by atoms with Crippen molar-refractivity contribution in [3.63, 3.8) is 0 Å². The van der Waals surface area contributed by atoms with Crippen LogP contribution in [0.15, 0.2) is 40.9 Å². The van der Waals surface area contributed by atoms with Crippen LogP contribution >= 0.6 is 50.7 Å². The molecular weight excluding hydrogens is 392 g/mol. The van der Waals surface area contributed by atoms with Crippen molar-refractivity contribution in [1.82, 2.24) is 5.32 Å². The fourth-order valence-electron chi connectivity index (χ4n) is 2.11. The Hall–Kier alpha value is -0.250. The zero-order valence-corrected chi connectivity index (χ0v) is 15.3. The van der Waals surface area contributed by atoms with Gasteiger partial charge in [0.2, 0.25) is 0 Å². The molecule has 1 atom stereocenters. The normalized spacial score (nSPS) is 12.4. The lowest BCUT2D eigenvalue weighted by Crippen LogP contribution is -2.21. The first-order chi connectivity index (χ1) is 9.97. The summed E-state index contributed by atoms with van der Waals surface area (Å²) >= 11 is 21.7. The van der Waals surface area contributed by atoms with Gasteiger partial charge in [0.15, 0.2) is 0 Å². The number of rotatable bonds is 5. The summed E-state index contributed by atoms with van der Waals surface area (Å²) in [5, 5.41) is 5.58. The Bertz CT molecular complexity index is 631. The molecule has 2 aromatic rings. The van der Waals surface area contributed by atoms with Gasteiger partial charge in [-0.3, -0.25) is 0 Å². The molecule has 5 heteroatoms. The summed E-state index contributed by atoms with van der Waals surface area (Å²) in [5.74, 6) is 0. The van der Waals surface area contributed by atoms with Gasteiger partial charge < -0.3 is 5.32 Å². The van der Waals surface area contributed by atoms with E-state index in [4.69, 9.17) is 34.8 Å². The van der Waals surface area contributed by atoms with E-state index in [0.29, 0.717) is 10.0 Å². The summed E-state index contributed by atoms with van der Waals surface area (Å²) in [7, 11) is 0. The van der Waals surface area contributed by atoms with Crippen molar-refractivity contribution < 1.29 is 0 Å². The zero-order chi connectivity index (χ0) is 15.4. The SMILES string of the molecule is CC(NCCc1ccc(Cl)cc1Cl)c1ccc(Br)cc1Cl. The maximum atomic E-state index is 6.26. The van der Waals surface area contributed by atoms with Crippen LogP contribution in [0.4, 0.5) is 0 Å². The molecule has 0 heterocycles. The zero-order valence-electron chi connectivity index (χ0n) is 11.5. The smallest absolute Gasteiger partial charge is 0.0464 e. The third-order valence-electron chi connectivity index (χ3n) is 3.29. The first-order valence-electron chi connectivity index (χ1n) is 6.59. The van der Waals surface area contributed by atoms with Crippen molar-refractivity contribution in [2.24, 2.45) is 0 Å². The van der Waals surface area contributed by atoms with Crippen molar-refractivity contribution in [1.29, 1.82) is 0 Å². The molecule has 2 rings (SSSR count). The largest absolute Gasteiger partial charge is 0.310 e. The highest BCUT2D eigenvalue weighted by Gasteiger charge is 2.09. The molecule has 1 N–H and O–H groups in total. The first kappa shape index (κ1) is 17.1. The molecule has 1 unspecified atom stereocenters. The van der Waals surface area contributed by atoms with Gasteiger partial charge in [-0.05, 0) is 55.3 Å². The van der Waals surface area contributed by atoms with Crippen LogP contribution < -0.4 is 5.32 Å². The van der Waals surface area contributed by atoms with E-state index in [1.165, 1.54) is 0 Å². The molecule has 0 saturated carbocycles. The van der Waals surface area contributed by atoms with Crippen LogP contribution in [0.2, 0.25) is 15.1 Å². The molecule has 0 fully saturated rings. The maximum absolute atomic E-state index is 6.26. The molecule has 0 aromatic heterocycles. The number of halogens is 4. The van der Waals surface area contributed by atoms with E-state index < -0.39 is 0 Å². The van der Waals surface area contributed by atoms with Crippen molar-refractivity contribution in [2.45, 2.75) is 19.4 Å². The number of hydrogen-bond acceptors (Lipinski definition) is 1. The molecule has 0 aliphatic rings. The Morgan fingerprint density at radius 2 is 1.81 bits per heavy atom. The number of nitrogens with one attached hydrogen (secondary N) is 1. The lowest BCUT2D eigenvalue weighted by molar-refractivity contribution is 0.577. The van der Waals surface area contributed by atoms with E-state index >= 15 is 0 Å². The van der Waals surface area contributed by atoms with Gasteiger partial charge in [-0.2, -0.15) is 0 Å². The van der Waals surface area contributed by atoms with Crippen LogP contribution in [-0.2, 0) is 6.42 Å². The minimum absolute atomic E-state index is 0.177. The van der Waals surface area contributed by atoms with E-state index in [9.17, 15) is 0 Å². The van der Waals surface area contributed by atoms with Crippen molar-refractivity contribution in [2.75, 3.05) is 6.54 Å². The highest BCUT2D eigenvalue weighted by molar-refractivity contribution is 9.10. The fraction of sp³-hybridized carbons (Fsp3) is 0.250. The number of benzene rings is 2. The van der Waals surface area contributed by atoms with Crippen molar-refractivity contribution in [3.8, 4) is 0 Å². The van der Waals surface area contributed by atoms with E-state index in [1.54, 1.807) is 6.07 Å². The maximum Gasteiger partial charge on any atom is 0.0464 e. The minimum Gasteiger partial charge on any atom is -0.310 e. The fourth-order valence-corrected chi connectivity index (χ4v) is 3.45. The molecule has 0 saturated heterocycles. The van der Waals surface area contributed by atoms with Gasteiger partial charge in [-0.25, -0.2) is 0 Å². The molecule has 21 heavy (non-hydrogen) atoms. The molecule has 0 aliphatic carbocycles. The highest BCUT2D eigenvalue weighted by Crippen LogP contribution is 2.26. The molecular formula is C16H15BrCl3N. The minimum atomic E-state index is 0.177. The molecule has 112 valence electrons. The Morgan fingerprint density at radius 3 is 2.48 bits per heavy atom. The lowest BCUT2D eigenvalue weighted by Gasteiger charge is -2.16. The predicted octanol–water partition coefficient (Wildman–Crippen LogP) is 6.30. The van der Waals surface area contributed by atoms with Crippen LogP contribution in [0, 0.1) is 0 Å². The standard InChI is InChI=1S/C16H15BrCl3N/c1-10(14-5-3-12(17)8-16(14)20)21-7-6-11-2-4-13(18)9-15(11)19/h2-5,8-10,21H,6-7H2,1H3. The Morgan fingerprint density at radius 1 is 1.05 bits per heavy atom. The van der Waals surface area contributed by atoms with E-state index in [-0.39, 0.29) is 6.04 Å². The van der Waals surface area contributed by atoms with Crippen LogP contribution in [0.5, 0.6) is 0 Å². The molecule has 0 aliphatic heterocycles. The second-order valence-corrected chi connectivity index (χ2v) is 6.99. The van der Waals surface area contributed by atoms with Gasteiger partial charge in [0.1, 0.15) is 0 Å². The Balaban J connectivity index is 1.93. The lowest BCUT2D eigenvalue weighted by atomic mass is 10.1. The van der Waals surface area contributed by atoms with Gasteiger partial charge in [-0.15, -0.1) is 0 Å². The second-order valence-electron chi connectivity index (χ2n) is 4.83. The van der Waals surface area contributed by atoms with Crippen molar-refractivity contribution >= 4 is 50.7 Å². The Labute approximate surface area is 148 Å². The first-order valence-corrected chi connectivity index (χ1v) is 8.52. The van der Waals surface area contributed by atoms with Crippen LogP contribution in [-0.4, -0.2) is 6.54 Å². The van der Waals surface area contributed by atoms with Gasteiger partial charge in [0.05, 0.1) is 0 Å². The van der Waals surface area contributed by atoms with Crippen LogP contribution in [0.25, 0.3) is 0 Å². The van der Waals surface area contributed by atoms with Crippen LogP contribution in [0.1, 0.15) is 24.1 Å². The monoisotopic (exact) mass is 405 g/mol. The number of hydrogen-bond donors (Lipinski definition) is 1. The summed E-state index contributed by atoms with van der Waals surface area (Å²) in [4.78, 5) is 0. The van der Waals surface area contributed by atoms with Crippen LogP contribution in [0.3, 0.4) is 0 Å². The predicted molar refractivity (Wildman–Crippen MR) is 95.7 cm³/mol. The molecule has 0 bridgehead atoms. The second kappa shape index (κ2) is 7.85. The molecule has 1 nitrogen and oxygen atoms in total. The summed E-state index contributed by atoms with van der Waals surface area (Å²) in [6.07, 6.45) is 0.842. The average Bonchev–Trinajstić information content (AvgIpc) is 2.41. The topological polar surface area (TPSA) is 12.0 Å². The van der Waals surface area contributed by atoms with Gasteiger partial charge in [-0.1, -0.05) is 62.9 Å². The van der Waals surface area contributed by atoms with Gasteiger partial charge >= 0.3 is 0 Å². The molecule has 0 spiro atoms. The summed E-state index contributed by atoms with van der Waals surface area (Å²) in [5.41, 5.74) is 2.17. The quantitative estimate of drug-likeness (QED) is 0.613.